The van der Waals surface area contributed by atoms with Gasteiger partial charge < -0.3 is 4.74 Å². The van der Waals surface area contributed by atoms with E-state index in [0.29, 0.717) is 5.92 Å². The van der Waals surface area contributed by atoms with Crippen molar-refractivity contribution in [2.24, 2.45) is 5.92 Å². The number of ether oxygens (including phenoxy) is 1. The molecule has 0 N–H and O–H groups in total. The van der Waals surface area contributed by atoms with Gasteiger partial charge in [0, 0.05) is 55.3 Å². The summed E-state index contributed by atoms with van der Waals surface area (Å²) in [5.74, 6) is 1.28. The average Bonchev–Trinajstić information content (AvgIpc) is 3.16. The lowest BCUT2D eigenvalue weighted by atomic mass is 9.95. The Kier molecular flexibility index (Phi) is 4.74. The van der Waals surface area contributed by atoms with Crippen LogP contribution in [0.3, 0.4) is 0 Å². The minimum absolute atomic E-state index is 0.452. The van der Waals surface area contributed by atoms with Crippen molar-refractivity contribution < 1.29 is 4.74 Å². The number of thiophene rings is 1. The van der Waals surface area contributed by atoms with E-state index in [-0.39, 0.29) is 0 Å². The molecular formula is C19H27N3OS. The lowest BCUT2D eigenvalue weighted by Gasteiger charge is -2.31. The molecule has 2 aromatic heterocycles. The quantitative estimate of drug-likeness (QED) is 0.765. The number of rotatable bonds is 7. The van der Waals surface area contributed by atoms with Crippen LogP contribution in [0.15, 0.2) is 17.6 Å². The molecule has 1 aliphatic carbocycles. The monoisotopic (exact) mass is 345 g/mol. The third-order valence-corrected chi connectivity index (χ3v) is 6.20. The summed E-state index contributed by atoms with van der Waals surface area (Å²) in [6, 6.07) is 2.22. The van der Waals surface area contributed by atoms with Gasteiger partial charge in [-0.2, -0.15) is 5.10 Å². The Morgan fingerprint density at radius 1 is 1.33 bits per heavy atom. The van der Waals surface area contributed by atoms with Crippen molar-refractivity contribution in [2.45, 2.75) is 52.2 Å². The number of fused-ring (bicyclic) bond motifs is 1. The maximum atomic E-state index is 6.04. The van der Waals surface area contributed by atoms with Gasteiger partial charge in [0.1, 0.15) is 0 Å². The van der Waals surface area contributed by atoms with Gasteiger partial charge in [-0.1, -0.05) is 0 Å². The highest BCUT2D eigenvalue weighted by Crippen LogP contribution is 2.32. The van der Waals surface area contributed by atoms with Crippen molar-refractivity contribution in [3.8, 4) is 0 Å². The minimum atomic E-state index is 0.452. The van der Waals surface area contributed by atoms with Gasteiger partial charge in [0.15, 0.2) is 0 Å². The van der Waals surface area contributed by atoms with Gasteiger partial charge in [-0.25, -0.2) is 0 Å². The van der Waals surface area contributed by atoms with Gasteiger partial charge in [-0.15, -0.1) is 11.3 Å². The maximum absolute atomic E-state index is 6.04. The summed E-state index contributed by atoms with van der Waals surface area (Å²) in [4.78, 5) is 4.02. The van der Waals surface area contributed by atoms with Crippen LogP contribution >= 0.6 is 11.3 Å². The standard InChI is InChI=1S/C19H27N3OS/c1-3-22-9-17-16(13-23-12-15-4-5-15)8-21(10-18(17)20-22)11-19-14(2)6-7-24-19/h6-7,9,15-16H,3-5,8,10-13H2,1-2H3/t16-/m1/s1. The van der Waals surface area contributed by atoms with Gasteiger partial charge in [0.05, 0.1) is 12.3 Å². The molecule has 1 fully saturated rings. The van der Waals surface area contributed by atoms with E-state index in [1.54, 1.807) is 0 Å². The molecule has 3 heterocycles. The summed E-state index contributed by atoms with van der Waals surface area (Å²) in [6.07, 6.45) is 4.95. The Morgan fingerprint density at radius 2 is 2.21 bits per heavy atom. The fraction of sp³-hybridized carbons (Fsp3) is 0.632. The Morgan fingerprint density at radius 3 is 2.92 bits per heavy atom. The second-order valence-corrected chi connectivity index (χ2v) is 8.26. The molecule has 2 aliphatic rings. The third kappa shape index (κ3) is 3.58. The van der Waals surface area contributed by atoms with Crippen LogP contribution in [0.1, 0.15) is 47.4 Å². The zero-order valence-corrected chi connectivity index (χ0v) is 15.5. The topological polar surface area (TPSA) is 30.3 Å². The van der Waals surface area contributed by atoms with Crippen molar-refractivity contribution in [2.75, 3.05) is 19.8 Å². The van der Waals surface area contributed by atoms with E-state index >= 15 is 0 Å². The van der Waals surface area contributed by atoms with Crippen LogP contribution < -0.4 is 0 Å². The van der Waals surface area contributed by atoms with Crippen LogP contribution in [-0.4, -0.2) is 34.4 Å². The number of aromatic nitrogens is 2. The van der Waals surface area contributed by atoms with Crippen molar-refractivity contribution in [3.05, 3.63) is 39.3 Å². The van der Waals surface area contributed by atoms with E-state index in [9.17, 15) is 0 Å². The summed E-state index contributed by atoms with van der Waals surface area (Å²) in [7, 11) is 0. The molecule has 0 amide bonds. The molecule has 5 heteroatoms. The molecule has 0 bridgehead atoms. The van der Waals surface area contributed by atoms with Gasteiger partial charge in [0.2, 0.25) is 0 Å². The first-order chi connectivity index (χ1) is 11.7. The smallest absolute Gasteiger partial charge is 0.0801 e. The number of hydrogen-bond acceptors (Lipinski definition) is 4. The fourth-order valence-electron chi connectivity index (χ4n) is 3.48. The molecular weight excluding hydrogens is 318 g/mol. The lowest BCUT2D eigenvalue weighted by molar-refractivity contribution is 0.0892. The molecule has 0 aromatic carbocycles. The highest BCUT2D eigenvalue weighted by atomic mass is 32.1. The highest BCUT2D eigenvalue weighted by Gasteiger charge is 2.29. The van der Waals surface area contributed by atoms with E-state index in [2.05, 4.69) is 41.1 Å². The van der Waals surface area contributed by atoms with Gasteiger partial charge in [-0.3, -0.25) is 9.58 Å². The fourth-order valence-corrected chi connectivity index (χ4v) is 4.43. The van der Waals surface area contributed by atoms with E-state index in [1.165, 1.54) is 34.5 Å². The van der Waals surface area contributed by atoms with Gasteiger partial charge in [0.25, 0.3) is 0 Å². The van der Waals surface area contributed by atoms with Crippen molar-refractivity contribution in [1.82, 2.24) is 14.7 Å². The van der Waals surface area contributed by atoms with Crippen molar-refractivity contribution in [1.29, 1.82) is 0 Å². The molecule has 1 atom stereocenters. The molecule has 0 radical (unpaired) electrons. The molecule has 4 rings (SSSR count). The average molecular weight is 346 g/mol. The SMILES string of the molecule is CCn1cc2c(n1)CN(Cc1sccc1C)C[C@@H]2COCC1CC1. The molecule has 0 unspecified atom stereocenters. The molecule has 2 aromatic rings. The second-order valence-electron chi connectivity index (χ2n) is 7.26. The Balaban J connectivity index is 1.48. The zero-order chi connectivity index (χ0) is 16.5. The van der Waals surface area contributed by atoms with Crippen LogP contribution in [0.5, 0.6) is 0 Å². The number of aryl methyl sites for hydroxylation is 2. The van der Waals surface area contributed by atoms with Crippen LogP contribution in [0.4, 0.5) is 0 Å². The predicted octanol–water partition coefficient (Wildman–Crippen LogP) is 3.80. The first-order valence-corrected chi connectivity index (χ1v) is 10.00. The van der Waals surface area contributed by atoms with Gasteiger partial charge in [-0.05, 0) is 49.6 Å². The van der Waals surface area contributed by atoms with E-state index < -0.39 is 0 Å². The lowest BCUT2D eigenvalue weighted by Crippen LogP contribution is -2.34. The normalized spacial score (nSPS) is 21.2. The molecule has 4 nitrogen and oxygen atoms in total. The second kappa shape index (κ2) is 6.98. The van der Waals surface area contributed by atoms with Crippen LogP contribution in [-0.2, 0) is 24.4 Å². The molecule has 1 saturated carbocycles. The van der Waals surface area contributed by atoms with E-state index in [1.807, 2.05) is 11.3 Å². The zero-order valence-electron chi connectivity index (χ0n) is 14.7. The summed E-state index contributed by atoms with van der Waals surface area (Å²) in [5, 5.41) is 7.00. The summed E-state index contributed by atoms with van der Waals surface area (Å²) >= 11 is 1.87. The van der Waals surface area contributed by atoms with Crippen LogP contribution in [0.2, 0.25) is 0 Å². The Hall–Kier alpha value is -1.17. The van der Waals surface area contributed by atoms with Crippen LogP contribution in [0.25, 0.3) is 0 Å². The van der Waals surface area contributed by atoms with Crippen LogP contribution in [0, 0.1) is 12.8 Å². The third-order valence-electron chi connectivity index (χ3n) is 5.19. The highest BCUT2D eigenvalue weighted by molar-refractivity contribution is 7.10. The van der Waals surface area contributed by atoms with Gasteiger partial charge >= 0.3 is 0 Å². The molecule has 24 heavy (non-hydrogen) atoms. The maximum Gasteiger partial charge on any atom is 0.0801 e. The summed E-state index contributed by atoms with van der Waals surface area (Å²) in [5.41, 5.74) is 4.07. The first-order valence-electron chi connectivity index (χ1n) is 9.12. The Bertz CT molecular complexity index is 689. The summed E-state index contributed by atoms with van der Waals surface area (Å²) < 4.78 is 8.12. The molecule has 0 spiro atoms. The largest absolute Gasteiger partial charge is 0.380 e. The number of nitrogens with zero attached hydrogens (tertiary/aromatic N) is 3. The first kappa shape index (κ1) is 16.3. The van der Waals surface area contributed by atoms with E-state index in [4.69, 9.17) is 9.84 Å². The minimum Gasteiger partial charge on any atom is -0.380 e. The molecule has 0 saturated heterocycles. The summed E-state index contributed by atoms with van der Waals surface area (Å²) in [6.45, 7) is 10.1. The molecule has 1 aliphatic heterocycles. The van der Waals surface area contributed by atoms with Crippen molar-refractivity contribution >= 4 is 11.3 Å². The number of hydrogen-bond donors (Lipinski definition) is 0. The molecule has 130 valence electrons. The van der Waals surface area contributed by atoms with E-state index in [0.717, 1.165) is 45.3 Å². The Labute approximate surface area is 148 Å². The van der Waals surface area contributed by atoms with Crippen molar-refractivity contribution in [3.63, 3.8) is 0 Å². The predicted molar refractivity (Wildman–Crippen MR) is 97.4 cm³/mol.